The molecule has 0 aliphatic heterocycles. The molecule has 1 atom stereocenters. The normalized spacial score (nSPS) is 14.1. The minimum absolute atomic E-state index is 0.508. The summed E-state index contributed by atoms with van der Waals surface area (Å²) < 4.78 is 21.5. The van der Waals surface area contributed by atoms with Gasteiger partial charge in [0.05, 0.1) is 28.4 Å². The molecule has 0 bridgehead atoms. The van der Waals surface area contributed by atoms with Crippen molar-refractivity contribution in [3.63, 3.8) is 0 Å². The zero-order valence-electron chi connectivity index (χ0n) is 15.5. The number of aliphatic hydroxyl groups excluding tert-OH is 1. The van der Waals surface area contributed by atoms with Crippen LogP contribution in [0.5, 0.6) is 23.0 Å². The van der Waals surface area contributed by atoms with Crippen molar-refractivity contribution in [2.24, 2.45) is 0 Å². The van der Waals surface area contributed by atoms with E-state index < -0.39 is 6.10 Å². The van der Waals surface area contributed by atoms with E-state index in [2.05, 4.69) is 6.08 Å². The van der Waals surface area contributed by atoms with Gasteiger partial charge >= 0.3 is 0 Å². The lowest BCUT2D eigenvalue weighted by Crippen LogP contribution is -2.08. The van der Waals surface area contributed by atoms with Crippen molar-refractivity contribution in [3.05, 3.63) is 53.1 Å². The van der Waals surface area contributed by atoms with E-state index in [1.54, 1.807) is 40.6 Å². The van der Waals surface area contributed by atoms with Crippen LogP contribution >= 0.6 is 0 Å². The maximum Gasteiger partial charge on any atom is 0.203 e. The highest BCUT2D eigenvalue weighted by molar-refractivity contribution is 5.75. The third-order valence-electron chi connectivity index (χ3n) is 4.70. The summed E-state index contributed by atoms with van der Waals surface area (Å²) in [5.74, 6) is 2.38. The topological polar surface area (TPSA) is 57.2 Å². The van der Waals surface area contributed by atoms with Crippen LogP contribution in [0.3, 0.4) is 0 Å². The lowest BCUT2D eigenvalue weighted by atomic mass is 9.85. The summed E-state index contributed by atoms with van der Waals surface area (Å²) in [6, 6.07) is 9.51. The van der Waals surface area contributed by atoms with Gasteiger partial charge in [0.1, 0.15) is 11.9 Å². The predicted octanol–water partition coefficient (Wildman–Crippen LogP) is 3.78. The maximum absolute atomic E-state index is 11.1. The fourth-order valence-electron chi connectivity index (χ4n) is 3.38. The highest BCUT2D eigenvalue weighted by Gasteiger charge is 2.24. The largest absolute Gasteiger partial charge is 0.497 e. The fourth-order valence-corrected chi connectivity index (χ4v) is 3.38. The molecule has 0 amide bonds. The number of methoxy groups -OCH3 is 4. The smallest absolute Gasteiger partial charge is 0.203 e. The molecule has 1 N–H and O–H groups in total. The van der Waals surface area contributed by atoms with Gasteiger partial charge < -0.3 is 24.1 Å². The number of fused-ring (bicyclic) bond motifs is 1. The molecule has 0 saturated carbocycles. The van der Waals surface area contributed by atoms with Gasteiger partial charge in [0.15, 0.2) is 11.5 Å². The minimum Gasteiger partial charge on any atom is -0.497 e. The Labute approximate surface area is 153 Å². The Kier molecular flexibility index (Phi) is 5.38. The summed E-state index contributed by atoms with van der Waals surface area (Å²) in [7, 11) is 6.35. The molecule has 0 radical (unpaired) electrons. The Morgan fingerprint density at radius 1 is 0.885 bits per heavy atom. The summed E-state index contributed by atoms with van der Waals surface area (Å²) in [5.41, 5.74) is 3.78. The van der Waals surface area contributed by atoms with Crippen molar-refractivity contribution < 1.29 is 24.1 Å². The number of rotatable bonds is 6. The molecule has 2 aromatic rings. The molecule has 1 aliphatic carbocycles. The van der Waals surface area contributed by atoms with E-state index in [4.69, 9.17) is 18.9 Å². The van der Waals surface area contributed by atoms with Crippen LogP contribution in [0.4, 0.5) is 0 Å². The molecule has 0 fully saturated rings. The number of ether oxygens (including phenoxy) is 4. The van der Waals surface area contributed by atoms with Gasteiger partial charge in [-0.15, -0.1) is 0 Å². The maximum atomic E-state index is 11.1. The van der Waals surface area contributed by atoms with Crippen molar-refractivity contribution >= 4 is 5.57 Å². The Morgan fingerprint density at radius 3 is 2.15 bits per heavy atom. The lowest BCUT2D eigenvalue weighted by Gasteiger charge is -2.24. The van der Waals surface area contributed by atoms with Crippen LogP contribution in [0.15, 0.2) is 36.4 Å². The molecule has 0 heterocycles. The molecule has 138 valence electrons. The van der Waals surface area contributed by atoms with Gasteiger partial charge in [0.25, 0.3) is 0 Å². The zero-order chi connectivity index (χ0) is 18.7. The first-order chi connectivity index (χ1) is 12.6. The van der Waals surface area contributed by atoms with E-state index in [0.717, 1.165) is 29.7 Å². The van der Waals surface area contributed by atoms with E-state index in [1.165, 1.54) is 5.56 Å². The SMILES string of the molecule is COc1ccc2c(c1)CCC=C2C(O)c1cc(OC)c(OC)c(OC)c1. The van der Waals surface area contributed by atoms with Crippen molar-refractivity contribution in [2.75, 3.05) is 28.4 Å². The quantitative estimate of drug-likeness (QED) is 0.853. The summed E-state index contributed by atoms with van der Waals surface area (Å²) in [6.45, 7) is 0. The number of aliphatic hydroxyl groups is 1. The summed E-state index contributed by atoms with van der Waals surface area (Å²) in [6.07, 6.45) is 3.09. The minimum atomic E-state index is -0.795. The number of aryl methyl sites for hydroxylation is 1. The van der Waals surface area contributed by atoms with E-state index in [9.17, 15) is 5.11 Å². The summed E-state index contributed by atoms with van der Waals surface area (Å²) in [4.78, 5) is 0. The summed E-state index contributed by atoms with van der Waals surface area (Å²) in [5, 5.41) is 11.1. The van der Waals surface area contributed by atoms with E-state index >= 15 is 0 Å². The van der Waals surface area contributed by atoms with Crippen LogP contribution in [-0.4, -0.2) is 33.5 Å². The van der Waals surface area contributed by atoms with Gasteiger partial charge in [-0.25, -0.2) is 0 Å². The third-order valence-corrected chi connectivity index (χ3v) is 4.70. The Hall–Kier alpha value is -2.66. The third kappa shape index (κ3) is 3.22. The molecule has 1 unspecified atom stereocenters. The monoisotopic (exact) mass is 356 g/mol. The molecule has 5 nitrogen and oxygen atoms in total. The number of hydrogen-bond acceptors (Lipinski definition) is 5. The molecule has 0 aromatic heterocycles. The van der Waals surface area contributed by atoms with Gasteiger partial charge in [-0.05, 0) is 59.4 Å². The Balaban J connectivity index is 2.03. The number of allylic oxidation sites excluding steroid dienone is 1. The standard InChI is InChI=1S/C21H24O5/c1-23-15-8-9-16-13(10-15)6-5-7-17(16)20(22)14-11-18(24-2)21(26-4)19(12-14)25-3/h7-12,20,22H,5-6H2,1-4H3. The van der Waals surface area contributed by atoms with Crippen LogP contribution in [-0.2, 0) is 6.42 Å². The van der Waals surface area contributed by atoms with Crippen LogP contribution in [0.25, 0.3) is 5.57 Å². The predicted molar refractivity (Wildman–Crippen MR) is 100 cm³/mol. The first kappa shape index (κ1) is 18.1. The molecule has 2 aromatic carbocycles. The van der Waals surface area contributed by atoms with Crippen LogP contribution in [0.1, 0.15) is 29.2 Å². The Bertz CT molecular complexity index is 800. The zero-order valence-corrected chi connectivity index (χ0v) is 15.5. The van der Waals surface area contributed by atoms with Gasteiger partial charge in [-0.1, -0.05) is 12.1 Å². The fraction of sp³-hybridized carbons (Fsp3) is 0.333. The second kappa shape index (κ2) is 7.70. The second-order valence-corrected chi connectivity index (χ2v) is 6.08. The van der Waals surface area contributed by atoms with Crippen molar-refractivity contribution in [1.29, 1.82) is 0 Å². The molecule has 1 aliphatic rings. The van der Waals surface area contributed by atoms with Crippen molar-refractivity contribution in [2.45, 2.75) is 18.9 Å². The highest BCUT2D eigenvalue weighted by atomic mass is 16.5. The molecular formula is C21H24O5. The average Bonchev–Trinajstić information content (AvgIpc) is 2.70. The molecule has 5 heteroatoms. The number of benzene rings is 2. The van der Waals surface area contributed by atoms with Gasteiger partial charge in [-0.3, -0.25) is 0 Å². The highest BCUT2D eigenvalue weighted by Crippen LogP contribution is 2.43. The first-order valence-electron chi connectivity index (χ1n) is 8.48. The van der Waals surface area contributed by atoms with E-state index in [-0.39, 0.29) is 0 Å². The van der Waals surface area contributed by atoms with Gasteiger partial charge in [-0.2, -0.15) is 0 Å². The Morgan fingerprint density at radius 2 is 1.58 bits per heavy atom. The molecule has 0 saturated heterocycles. The van der Waals surface area contributed by atoms with Crippen LogP contribution < -0.4 is 18.9 Å². The van der Waals surface area contributed by atoms with Crippen LogP contribution in [0, 0.1) is 0 Å². The van der Waals surface area contributed by atoms with E-state index in [1.807, 2.05) is 18.2 Å². The molecular weight excluding hydrogens is 332 g/mol. The van der Waals surface area contributed by atoms with E-state index in [0.29, 0.717) is 22.8 Å². The molecule has 26 heavy (non-hydrogen) atoms. The second-order valence-electron chi connectivity index (χ2n) is 6.08. The number of hydrogen-bond donors (Lipinski definition) is 1. The van der Waals surface area contributed by atoms with Gasteiger partial charge in [0, 0.05) is 0 Å². The van der Waals surface area contributed by atoms with Crippen molar-refractivity contribution in [1.82, 2.24) is 0 Å². The van der Waals surface area contributed by atoms with Crippen molar-refractivity contribution in [3.8, 4) is 23.0 Å². The first-order valence-corrected chi connectivity index (χ1v) is 8.48. The molecule has 0 spiro atoms. The van der Waals surface area contributed by atoms with Gasteiger partial charge in [0.2, 0.25) is 5.75 Å². The molecule has 3 rings (SSSR count). The average molecular weight is 356 g/mol. The van der Waals surface area contributed by atoms with Crippen LogP contribution in [0.2, 0.25) is 0 Å². The lowest BCUT2D eigenvalue weighted by molar-refractivity contribution is 0.235. The summed E-state index contributed by atoms with van der Waals surface area (Å²) >= 11 is 0.